The molecule has 0 bridgehead atoms. The lowest BCUT2D eigenvalue weighted by Crippen LogP contribution is -2.06. The first-order valence-corrected chi connectivity index (χ1v) is 7.87. The molecular formula is C13H17BrS. The zero-order valence-corrected chi connectivity index (χ0v) is 11.3. The largest absolute Gasteiger partial charge is 0.152 e. The van der Waals surface area contributed by atoms with Gasteiger partial charge in [-0.2, -0.15) is 11.3 Å². The van der Waals surface area contributed by atoms with Crippen LogP contribution in [-0.4, -0.2) is 4.83 Å². The summed E-state index contributed by atoms with van der Waals surface area (Å²) in [5.74, 6) is 3.14. The fourth-order valence-electron chi connectivity index (χ4n) is 3.35. The average Bonchev–Trinajstić information content (AvgIpc) is 2.77. The molecule has 0 amide bonds. The van der Waals surface area contributed by atoms with Crippen molar-refractivity contribution in [2.24, 2.45) is 17.8 Å². The van der Waals surface area contributed by atoms with Crippen LogP contribution in [0, 0.1) is 17.8 Å². The van der Waals surface area contributed by atoms with E-state index in [9.17, 15) is 0 Å². The fourth-order valence-corrected chi connectivity index (χ4v) is 5.19. The van der Waals surface area contributed by atoms with Crippen molar-refractivity contribution in [2.45, 2.75) is 36.9 Å². The van der Waals surface area contributed by atoms with Crippen LogP contribution < -0.4 is 0 Å². The molecule has 0 aliphatic heterocycles. The Hall–Kier alpha value is 0.180. The molecule has 0 aromatic carbocycles. The first-order chi connectivity index (χ1) is 7.36. The van der Waals surface area contributed by atoms with Gasteiger partial charge in [-0.25, -0.2) is 0 Å². The highest BCUT2D eigenvalue weighted by Gasteiger charge is 2.53. The van der Waals surface area contributed by atoms with Crippen molar-refractivity contribution < 1.29 is 0 Å². The Labute approximate surface area is 104 Å². The minimum atomic E-state index is 0.736. The van der Waals surface area contributed by atoms with Gasteiger partial charge in [-0.15, -0.1) is 0 Å². The van der Waals surface area contributed by atoms with E-state index >= 15 is 0 Å². The molecular weight excluding hydrogens is 268 g/mol. The summed E-state index contributed by atoms with van der Waals surface area (Å²) in [6, 6.07) is 2.27. The van der Waals surface area contributed by atoms with Crippen LogP contribution in [0.5, 0.6) is 0 Å². The summed E-state index contributed by atoms with van der Waals surface area (Å²) in [6.45, 7) is 0. The van der Waals surface area contributed by atoms with Crippen molar-refractivity contribution in [1.82, 2.24) is 0 Å². The molecule has 3 atom stereocenters. The van der Waals surface area contributed by atoms with Crippen molar-refractivity contribution in [1.29, 1.82) is 0 Å². The molecule has 0 saturated heterocycles. The van der Waals surface area contributed by atoms with Crippen LogP contribution in [0.3, 0.4) is 0 Å². The smallest absolute Gasteiger partial charge is 0.0220 e. The van der Waals surface area contributed by atoms with Crippen LogP contribution in [-0.2, 0) is 6.42 Å². The Kier molecular flexibility index (Phi) is 2.90. The second-order valence-electron chi connectivity index (χ2n) is 5.04. The van der Waals surface area contributed by atoms with Gasteiger partial charge in [0.15, 0.2) is 0 Å². The zero-order chi connectivity index (χ0) is 10.3. The number of rotatable bonds is 3. The van der Waals surface area contributed by atoms with Crippen molar-refractivity contribution in [3.63, 3.8) is 0 Å². The topological polar surface area (TPSA) is 0 Å². The van der Waals surface area contributed by atoms with Gasteiger partial charge in [0.05, 0.1) is 0 Å². The molecule has 2 saturated carbocycles. The monoisotopic (exact) mass is 284 g/mol. The van der Waals surface area contributed by atoms with Gasteiger partial charge in [-0.3, -0.25) is 0 Å². The van der Waals surface area contributed by atoms with E-state index in [0.717, 1.165) is 22.6 Å². The average molecular weight is 285 g/mol. The first-order valence-electron chi connectivity index (χ1n) is 6.01. The Morgan fingerprint density at radius 2 is 2.07 bits per heavy atom. The van der Waals surface area contributed by atoms with Gasteiger partial charge in [0.25, 0.3) is 0 Å². The molecule has 3 rings (SSSR count). The highest BCUT2D eigenvalue weighted by Crippen LogP contribution is 2.58. The van der Waals surface area contributed by atoms with Crippen molar-refractivity contribution in [3.8, 4) is 0 Å². The van der Waals surface area contributed by atoms with Gasteiger partial charge in [0.1, 0.15) is 0 Å². The SMILES string of the molecule is BrC(Cc1ccsc1)C1C2CCCCC21. The van der Waals surface area contributed by atoms with E-state index in [1.807, 2.05) is 11.3 Å². The van der Waals surface area contributed by atoms with E-state index in [2.05, 4.69) is 32.8 Å². The van der Waals surface area contributed by atoms with E-state index < -0.39 is 0 Å². The molecule has 3 unspecified atom stereocenters. The lowest BCUT2D eigenvalue weighted by molar-refractivity contribution is 0.480. The third-order valence-electron chi connectivity index (χ3n) is 4.15. The standard InChI is InChI=1S/C13H17BrS/c14-12(7-9-5-6-15-8-9)13-10-3-1-2-4-11(10)13/h5-6,8,10-13H,1-4,7H2. The van der Waals surface area contributed by atoms with Crippen molar-refractivity contribution in [2.75, 3.05) is 0 Å². The molecule has 1 aromatic rings. The molecule has 1 heterocycles. The normalized spacial score (nSPS) is 35.9. The molecule has 0 spiro atoms. The van der Waals surface area contributed by atoms with Gasteiger partial charge in [-0.05, 0) is 59.4 Å². The van der Waals surface area contributed by atoms with E-state index in [-0.39, 0.29) is 0 Å². The van der Waals surface area contributed by atoms with Gasteiger partial charge in [0.2, 0.25) is 0 Å². The van der Waals surface area contributed by atoms with Gasteiger partial charge < -0.3 is 0 Å². The van der Waals surface area contributed by atoms with Crippen LogP contribution in [0.15, 0.2) is 16.8 Å². The Morgan fingerprint density at radius 1 is 1.33 bits per heavy atom. The molecule has 82 valence electrons. The summed E-state index contributed by atoms with van der Waals surface area (Å²) in [5.41, 5.74) is 1.52. The number of halogens is 1. The molecule has 0 N–H and O–H groups in total. The molecule has 2 fully saturated rings. The van der Waals surface area contributed by atoms with Gasteiger partial charge in [-0.1, -0.05) is 28.8 Å². The lowest BCUT2D eigenvalue weighted by Gasteiger charge is -2.07. The molecule has 1 aromatic heterocycles. The number of thiophene rings is 1. The molecule has 2 heteroatoms. The Bertz CT molecular complexity index is 307. The second-order valence-corrected chi connectivity index (χ2v) is 7.00. The predicted octanol–water partition coefficient (Wildman–Crippen LogP) is 4.49. The third kappa shape index (κ3) is 2.03. The van der Waals surface area contributed by atoms with Crippen molar-refractivity contribution in [3.05, 3.63) is 22.4 Å². The van der Waals surface area contributed by atoms with Crippen LogP contribution in [0.2, 0.25) is 0 Å². The quantitative estimate of drug-likeness (QED) is 0.718. The number of alkyl halides is 1. The van der Waals surface area contributed by atoms with Crippen LogP contribution in [0.4, 0.5) is 0 Å². The van der Waals surface area contributed by atoms with E-state index in [4.69, 9.17) is 0 Å². The number of fused-ring (bicyclic) bond motifs is 1. The molecule has 0 radical (unpaired) electrons. The summed E-state index contributed by atoms with van der Waals surface area (Å²) < 4.78 is 0. The maximum absolute atomic E-state index is 3.92. The predicted molar refractivity (Wildman–Crippen MR) is 69.7 cm³/mol. The van der Waals surface area contributed by atoms with Crippen LogP contribution >= 0.6 is 27.3 Å². The zero-order valence-electron chi connectivity index (χ0n) is 8.86. The number of hydrogen-bond acceptors (Lipinski definition) is 1. The summed E-state index contributed by atoms with van der Waals surface area (Å²) in [6.07, 6.45) is 7.20. The minimum absolute atomic E-state index is 0.736. The highest BCUT2D eigenvalue weighted by atomic mass is 79.9. The fraction of sp³-hybridized carbons (Fsp3) is 0.692. The van der Waals surface area contributed by atoms with E-state index in [1.165, 1.54) is 37.7 Å². The second kappa shape index (κ2) is 4.21. The Morgan fingerprint density at radius 3 is 2.67 bits per heavy atom. The minimum Gasteiger partial charge on any atom is -0.152 e. The summed E-state index contributed by atoms with van der Waals surface area (Å²) in [5, 5.41) is 4.48. The first kappa shape index (κ1) is 10.3. The summed E-state index contributed by atoms with van der Waals surface area (Å²) >= 11 is 5.74. The van der Waals surface area contributed by atoms with Crippen LogP contribution in [0.25, 0.3) is 0 Å². The summed E-state index contributed by atoms with van der Waals surface area (Å²) in [4.78, 5) is 0.736. The van der Waals surface area contributed by atoms with Crippen LogP contribution in [0.1, 0.15) is 31.2 Å². The van der Waals surface area contributed by atoms with Crippen molar-refractivity contribution >= 4 is 27.3 Å². The molecule has 15 heavy (non-hydrogen) atoms. The summed E-state index contributed by atoms with van der Waals surface area (Å²) in [7, 11) is 0. The molecule has 2 aliphatic rings. The van der Waals surface area contributed by atoms with E-state index in [0.29, 0.717) is 0 Å². The van der Waals surface area contributed by atoms with E-state index in [1.54, 1.807) is 0 Å². The number of hydrogen-bond donors (Lipinski definition) is 0. The molecule has 0 nitrogen and oxygen atoms in total. The van der Waals surface area contributed by atoms with Gasteiger partial charge >= 0.3 is 0 Å². The lowest BCUT2D eigenvalue weighted by atomic mass is 10.0. The highest BCUT2D eigenvalue weighted by molar-refractivity contribution is 9.09. The van der Waals surface area contributed by atoms with Gasteiger partial charge in [0, 0.05) is 4.83 Å². The molecule has 2 aliphatic carbocycles. The maximum Gasteiger partial charge on any atom is 0.0220 e. The maximum atomic E-state index is 3.92. The third-order valence-corrected chi connectivity index (χ3v) is 5.82. The Balaban J connectivity index is 1.59.